The molecule has 0 saturated carbocycles. The predicted octanol–water partition coefficient (Wildman–Crippen LogP) is 1.40. The van der Waals surface area contributed by atoms with Gasteiger partial charge in [0.25, 0.3) is 0 Å². The Bertz CT molecular complexity index is 462. The van der Waals surface area contributed by atoms with E-state index >= 15 is 0 Å². The van der Waals surface area contributed by atoms with Crippen LogP contribution in [0.3, 0.4) is 0 Å². The summed E-state index contributed by atoms with van der Waals surface area (Å²) in [6.45, 7) is 0.799. The summed E-state index contributed by atoms with van der Waals surface area (Å²) >= 11 is 0. The van der Waals surface area contributed by atoms with Gasteiger partial charge in [0.05, 0.1) is 19.3 Å². The van der Waals surface area contributed by atoms with Gasteiger partial charge in [-0.15, -0.1) is 0 Å². The molecule has 1 aromatic heterocycles. The average Bonchev–Trinajstić information content (AvgIpc) is 2.38. The molecule has 2 aromatic rings. The summed E-state index contributed by atoms with van der Waals surface area (Å²) in [6, 6.07) is 9.81. The van der Waals surface area contributed by atoms with Crippen LogP contribution in [-0.2, 0) is 18.0 Å². The minimum absolute atomic E-state index is 0.0586. The van der Waals surface area contributed by atoms with E-state index < -0.39 is 0 Å². The summed E-state index contributed by atoms with van der Waals surface area (Å²) in [5, 5.41) is 9.41. The zero-order chi connectivity index (χ0) is 11.9. The van der Waals surface area contributed by atoms with E-state index in [0.29, 0.717) is 18.8 Å². The number of nitrogens with zero attached hydrogens (tertiary/aromatic N) is 2. The summed E-state index contributed by atoms with van der Waals surface area (Å²) in [5.74, 6) is 0.0586. The quantitative estimate of drug-likeness (QED) is 0.601. The lowest BCUT2D eigenvalue weighted by Crippen LogP contribution is -2.15. The van der Waals surface area contributed by atoms with Crippen molar-refractivity contribution in [2.24, 2.45) is 0 Å². The summed E-state index contributed by atoms with van der Waals surface area (Å²) in [4.78, 5) is 12.9. The number of aromatic nitrogens is 2. The number of hydrogen-bond acceptors (Lipinski definition) is 5. The Kier molecular flexibility index (Phi) is 4.01. The van der Waals surface area contributed by atoms with Crippen LogP contribution in [0, 0.1) is 0 Å². The molecule has 0 atom stereocenters. The van der Waals surface area contributed by atoms with Gasteiger partial charge in [0.2, 0.25) is 0 Å². The molecule has 0 amide bonds. The molecule has 0 saturated heterocycles. The SMILES string of the molecule is Oc1cncnc1CNOCc1ccccc1. The van der Waals surface area contributed by atoms with Crippen molar-refractivity contribution in [3.8, 4) is 5.75 Å². The van der Waals surface area contributed by atoms with Crippen molar-refractivity contribution in [3.63, 3.8) is 0 Å². The van der Waals surface area contributed by atoms with E-state index in [1.165, 1.54) is 12.5 Å². The van der Waals surface area contributed by atoms with E-state index in [9.17, 15) is 5.11 Å². The molecule has 2 N–H and O–H groups in total. The molecule has 1 heterocycles. The van der Waals surface area contributed by atoms with Crippen LogP contribution in [0.2, 0.25) is 0 Å². The van der Waals surface area contributed by atoms with Crippen molar-refractivity contribution in [1.29, 1.82) is 0 Å². The second kappa shape index (κ2) is 5.93. The van der Waals surface area contributed by atoms with Crippen molar-refractivity contribution in [2.45, 2.75) is 13.2 Å². The van der Waals surface area contributed by atoms with Crippen LogP contribution < -0.4 is 5.48 Å². The Morgan fingerprint density at radius 1 is 1.24 bits per heavy atom. The first-order chi connectivity index (χ1) is 8.36. The standard InChI is InChI=1S/C12H13N3O2/c16-12-7-13-9-14-11(12)6-15-17-8-10-4-2-1-3-5-10/h1-5,7,9,15-16H,6,8H2. The smallest absolute Gasteiger partial charge is 0.156 e. The number of hydrogen-bond donors (Lipinski definition) is 2. The van der Waals surface area contributed by atoms with E-state index in [0.717, 1.165) is 5.56 Å². The first-order valence-corrected chi connectivity index (χ1v) is 5.22. The molecule has 17 heavy (non-hydrogen) atoms. The Labute approximate surface area is 99.1 Å². The van der Waals surface area contributed by atoms with E-state index in [2.05, 4.69) is 15.4 Å². The second-order valence-electron chi connectivity index (χ2n) is 3.45. The highest BCUT2D eigenvalue weighted by Gasteiger charge is 2.01. The Morgan fingerprint density at radius 2 is 2.06 bits per heavy atom. The molecule has 0 bridgehead atoms. The largest absolute Gasteiger partial charge is 0.504 e. The minimum atomic E-state index is 0.0586. The lowest BCUT2D eigenvalue weighted by Gasteiger charge is -2.06. The molecule has 0 spiro atoms. The van der Waals surface area contributed by atoms with Crippen molar-refractivity contribution in [1.82, 2.24) is 15.4 Å². The maximum absolute atomic E-state index is 9.41. The van der Waals surface area contributed by atoms with E-state index in [-0.39, 0.29) is 5.75 Å². The molecule has 0 aliphatic rings. The molecular formula is C12H13N3O2. The Balaban J connectivity index is 1.76. The van der Waals surface area contributed by atoms with Crippen LogP contribution >= 0.6 is 0 Å². The number of benzene rings is 1. The molecule has 2 rings (SSSR count). The van der Waals surface area contributed by atoms with Gasteiger partial charge < -0.3 is 5.11 Å². The first kappa shape index (κ1) is 11.5. The molecule has 1 aromatic carbocycles. The number of hydroxylamine groups is 1. The Morgan fingerprint density at radius 3 is 2.82 bits per heavy atom. The predicted molar refractivity (Wildman–Crippen MR) is 61.8 cm³/mol. The summed E-state index contributed by atoms with van der Waals surface area (Å²) < 4.78 is 0. The molecule has 0 fully saturated rings. The second-order valence-corrected chi connectivity index (χ2v) is 3.45. The lowest BCUT2D eigenvalue weighted by molar-refractivity contribution is 0.0224. The van der Waals surface area contributed by atoms with Gasteiger partial charge in [0, 0.05) is 0 Å². The van der Waals surface area contributed by atoms with Gasteiger partial charge in [-0.3, -0.25) is 4.84 Å². The van der Waals surface area contributed by atoms with Crippen LogP contribution in [0.5, 0.6) is 5.75 Å². The molecule has 0 aliphatic carbocycles. The van der Waals surface area contributed by atoms with Gasteiger partial charge in [-0.05, 0) is 5.56 Å². The van der Waals surface area contributed by atoms with Crippen LogP contribution in [0.25, 0.3) is 0 Å². The molecular weight excluding hydrogens is 218 g/mol. The van der Waals surface area contributed by atoms with Crippen molar-refractivity contribution in [3.05, 3.63) is 54.1 Å². The van der Waals surface area contributed by atoms with Crippen molar-refractivity contribution < 1.29 is 9.94 Å². The maximum atomic E-state index is 9.41. The third kappa shape index (κ3) is 3.51. The molecule has 0 aliphatic heterocycles. The van der Waals surface area contributed by atoms with Crippen LogP contribution in [-0.4, -0.2) is 15.1 Å². The van der Waals surface area contributed by atoms with Gasteiger partial charge in [0.15, 0.2) is 5.75 Å². The molecule has 5 nitrogen and oxygen atoms in total. The van der Waals surface area contributed by atoms with Crippen LogP contribution in [0.15, 0.2) is 42.9 Å². The fourth-order valence-corrected chi connectivity index (χ4v) is 1.31. The van der Waals surface area contributed by atoms with Crippen LogP contribution in [0.1, 0.15) is 11.3 Å². The average molecular weight is 231 g/mol. The van der Waals surface area contributed by atoms with Gasteiger partial charge in [-0.1, -0.05) is 30.3 Å². The van der Waals surface area contributed by atoms with Crippen LogP contribution in [0.4, 0.5) is 0 Å². The lowest BCUT2D eigenvalue weighted by atomic mass is 10.2. The third-order valence-electron chi connectivity index (χ3n) is 2.20. The molecule has 88 valence electrons. The highest BCUT2D eigenvalue weighted by Crippen LogP contribution is 2.10. The van der Waals surface area contributed by atoms with E-state index in [1.54, 1.807) is 0 Å². The van der Waals surface area contributed by atoms with Gasteiger partial charge in [-0.2, -0.15) is 5.48 Å². The third-order valence-corrected chi connectivity index (χ3v) is 2.20. The fourth-order valence-electron chi connectivity index (χ4n) is 1.31. The Hall–Kier alpha value is -1.98. The van der Waals surface area contributed by atoms with Gasteiger partial charge in [0.1, 0.15) is 12.0 Å². The summed E-state index contributed by atoms with van der Waals surface area (Å²) in [6.07, 6.45) is 2.73. The topological polar surface area (TPSA) is 67.3 Å². The highest BCUT2D eigenvalue weighted by atomic mass is 16.6. The normalized spacial score (nSPS) is 10.4. The minimum Gasteiger partial charge on any atom is -0.504 e. The molecule has 0 radical (unpaired) electrons. The first-order valence-electron chi connectivity index (χ1n) is 5.22. The number of rotatable bonds is 5. The van der Waals surface area contributed by atoms with E-state index in [4.69, 9.17) is 4.84 Å². The maximum Gasteiger partial charge on any atom is 0.156 e. The zero-order valence-electron chi connectivity index (χ0n) is 9.21. The highest BCUT2D eigenvalue weighted by molar-refractivity contribution is 5.20. The molecule has 5 heteroatoms. The van der Waals surface area contributed by atoms with E-state index in [1.807, 2.05) is 30.3 Å². The van der Waals surface area contributed by atoms with Crippen molar-refractivity contribution >= 4 is 0 Å². The van der Waals surface area contributed by atoms with Gasteiger partial charge in [-0.25, -0.2) is 9.97 Å². The summed E-state index contributed by atoms with van der Waals surface area (Å²) in [5.41, 5.74) is 4.32. The monoisotopic (exact) mass is 231 g/mol. The zero-order valence-corrected chi connectivity index (χ0v) is 9.21. The fraction of sp³-hybridized carbons (Fsp3) is 0.167. The van der Waals surface area contributed by atoms with Crippen molar-refractivity contribution in [2.75, 3.05) is 0 Å². The molecule has 0 unspecified atom stereocenters. The summed E-state index contributed by atoms with van der Waals surface area (Å²) in [7, 11) is 0. The number of nitrogens with one attached hydrogen (secondary N) is 1. The van der Waals surface area contributed by atoms with Gasteiger partial charge >= 0.3 is 0 Å². The number of aromatic hydroxyl groups is 1.